The lowest BCUT2D eigenvalue weighted by atomic mass is 10.1. The molecular formula is C21H24BrN3O3. The molecule has 2 aromatic rings. The van der Waals surface area contributed by atoms with Crippen LogP contribution < -0.4 is 15.0 Å². The van der Waals surface area contributed by atoms with Crippen molar-refractivity contribution in [2.75, 3.05) is 43.5 Å². The average molecular weight is 446 g/mol. The zero-order valence-electron chi connectivity index (χ0n) is 16.3. The van der Waals surface area contributed by atoms with Crippen molar-refractivity contribution in [2.24, 2.45) is 0 Å². The van der Waals surface area contributed by atoms with E-state index in [1.54, 1.807) is 20.1 Å². The molecular weight excluding hydrogens is 422 g/mol. The van der Waals surface area contributed by atoms with Crippen molar-refractivity contribution < 1.29 is 14.3 Å². The van der Waals surface area contributed by atoms with Crippen molar-refractivity contribution >= 4 is 39.1 Å². The number of amides is 2. The fourth-order valence-electron chi connectivity index (χ4n) is 3.48. The number of hydrogen-bond acceptors (Lipinski definition) is 4. The summed E-state index contributed by atoms with van der Waals surface area (Å²) in [6.45, 7) is 6.31. The molecule has 1 fully saturated rings. The third kappa shape index (κ3) is 4.30. The van der Waals surface area contributed by atoms with Gasteiger partial charge in [-0.05, 0) is 36.8 Å². The van der Waals surface area contributed by atoms with Crippen molar-refractivity contribution in [3.63, 3.8) is 0 Å². The van der Waals surface area contributed by atoms with Gasteiger partial charge in [0.15, 0.2) is 0 Å². The Labute approximate surface area is 173 Å². The SMILES string of the molecule is COc1c(C)cc(Br)cc1C(=O)Nc1ccccc1N1CCN(C(C)=O)CC1. The number of nitrogens with zero attached hydrogens (tertiary/aromatic N) is 2. The van der Waals surface area contributed by atoms with Gasteiger partial charge in [0.1, 0.15) is 5.75 Å². The molecule has 0 aliphatic carbocycles. The van der Waals surface area contributed by atoms with Crippen molar-refractivity contribution in [3.8, 4) is 5.75 Å². The highest BCUT2D eigenvalue weighted by atomic mass is 79.9. The van der Waals surface area contributed by atoms with Crippen LogP contribution in [-0.2, 0) is 4.79 Å². The van der Waals surface area contributed by atoms with E-state index in [4.69, 9.17) is 4.74 Å². The summed E-state index contributed by atoms with van der Waals surface area (Å²) in [5.41, 5.74) is 3.05. The van der Waals surface area contributed by atoms with Gasteiger partial charge >= 0.3 is 0 Å². The Morgan fingerprint density at radius 3 is 2.43 bits per heavy atom. The Kier molecular flexibility index (Phi) is 6.24. The van der Waals surface area contributed by atoms with Crippen LogP contribution in [-0.4, -0.2) is 50.0 Å². The molecule has 0 unspecified atom stereocenters. The lowest BCUT2D eigenvalue weighted by Crippen LogP contribution is -2.48. The van der Waals surface area contributed by atoms with Crippen LogP contribution in [0.2, 0.25) is 0 Å². The smallest absolute Gasteiger partial charge is 0.259 e. The van der Waals surface area contributed by atoms with Gasteiger partial charge in [-0.1, -0.05) is 28.1 Å². The van der Waals surface area contributed by atoms with Crippen LogP contribution in [0.3, 0.4) is 0 Å². The highest BCUT2D eigenvalue weighted by molar-refractivity contribution is 9.10. The Hall–Kier alpha value is -2.54. The fourth-order valence-corrected chi connectivity index (χ4v) is 4.05. The van der Waals surface area contributed by atoms with Gasteiger partial charge in [-0.25, -0.2) is 0 Å². The van der Waals surface area contributed by atoms with Gasteiger partial charge in [0.05, 0.1) is 24.0 Å². The maximum Gasteiger partial charge on any atom is 0.259 e. The number of hydrogen-bond donors (Lipinski definition) is 1. The molecule has 3 rings (SSSR count). The maximum atomic E-state index is 13.0. The number of carbonyl (C=O) groups excluding carboxylic acids is 2. The molecule has 148 valence electrons. The summed E-state index contributed by atoms with van der Waals surface area (Å²) < 4.78 is 6.26. The minimum atomic E-state index is -0.226. The van der Waals surface area contributed by atoms with Crippen molar-refractivity contribution in [1.82, 2.24) is 4.90 Å². The summed E-state index contributed by atoms with van der Waals surface area (Å²) in [6.07, 6.45) is 0. The number of carbonyl (C=O) groups is 2. The maximum absolute atomic E-state index is 13.0. The molecule has 1 aliphatic rings. The first kappa shape index (κ1) is 20.2. The highest BCUT2D eigenvalue weighted by Crippen LogP contribution is 2.31. The first-order chi connectivity index (χ1) is 13.4. The second-order valence-electron chi connectivity index (χ2n) is 6.77. The van der Waals surface area contributed by atoms with Crippen LogP contribution in [0.5, 0.6) is 5.75 Å². The van der Waals surface area contributed by atoms with E-state index in [2.05, 4.69) is 26.1 Å². The van der Waals surface area contributed by atoms with E-state index in [0.29, 0.717) is 24.4 Å². The topological polar surface area (TPSA) is 61.9 Å². The summed E-state index contributed by atoms with van der Waals surface area (Å²) in [7, 11) is 1.56. The molecule has 1 N–H and O–H groups in total. The van der Waals surface area contributed by atoms with Gasteiger partial charge in [-0.15, -0.1) is 0 Å². The highest BCUT2D eigenvalue weighted by Gasteiger charge is 2.22. The quantitative estimate of drug-likeness (QED) is 0.779. The summed E-state index contributed by atoms with van der Waals surface area (Å²) in [4.78, 5) is 28.6. The second-order valence-corrected chi connectivity index (χ2v) is 7.68. The van der Waals surface area contributed by atoms with Gasteiger partial charge in [-0.2, -0.15) is 0 Å². The number of halogens is 1. The number of para-hydroxylation sites is 2. The van der Waals surface area contributed by atoms with Crippen LogP contribution in [0.1, 0.15) is 22.8 Å². The number of anilines is 2. The molecule has 0 atom stereocenters. The molecule has 1 heterocycles. The van der Waals surface area contributed by atoms with Gasteiger partial charge < -0.3 is 19.9 Å². The standard InChI is InChI=1S/C21H24BrN3O3/c1-14-12-16(22)13-17(20(14)28-3)21(27)23-18-6-4-5-7-19(18)25-10-8-24(9-11-25)15(2)26/h4-7,12-13H,8-11H2,1-3H3,(H,23,27). The van der Waals surface area contributed by atoms with Crippen LogP contribution in [0.25, 0.3) is 0 Å². The first-order valence-corrected chi connectivity index (χ1v) is 9.95. The minimum Gasteiger partial charge on any atom is -0.496 e. The molecule has 0 radical (unpaired) electrons. The second kappa shape index (κ2) is 8.65. The Morgan fingerprint density at radius 1 is 1.11 bits per heavy atom. The summed E-state index contributed by atoms with van der Waals surface area (Å²) in [5.74, 6) is 0.433. The summed E-state index contributed by atoms with van der Waals surface area (Å²) >= 11 is 3.45. The van der Waals surface area contributed by atoms with E-state index in [1.807, 2.05) is 42.2 Å². The lowest BCUT2D eigenvalue weighted by Gasteiger charge is -2.36. The molecule has 0 spiro atoms. The molecule has 28 heavy (non-hydrogen) atoms. The van der Waals surface area contributed by atoms with Gasteiger partial charge in [0.25, 0.3) is 5.91 Å². The van der Waals surface area contributed by atoms with Crippen LogP contribution in [0.15, 0.2) is 40.9 Å². The van der Waals surface area contributed by atoms with Crippen LogP contribution >= 0.6 is 15.9 Å². The summed E-state index contributed by atoms with van der Waals surface area (Å²) in [5, 5.41) is 3.03. The fraction of sp³-hybridized carbons (Fsp3) is 0.333. The predicted octanol–water partition coefficient (Wildman–Crippen LogP) is 3.69. The van der Waals surface area contributed by atoms with E-state index in [9.17, 15) is 9.59 Å². The number of piperazine rings is 1. The lowest BCUT2D eigenvalue weighted by molar-refractivity contribution is -0.129. The minimum absolute atomic E-state index is 0.0957. The number of methoxy groups -OCH3 is 1. The monoisotopic (exact) mass is 445 g/mol. The molecule has 1 saturated heterocycles. The zero-order valence-corrected chi connectivity index (χ0v) is 17.9. The number of rotatable bonds is 4. The molecule has 0 saturated carbocycles. The molecule has 1 aliphatic heterocycles. The predicted molar refractivity (Wildman–Crippen MR) is 114 cm³/mol. The molecule has 6 nitrogen and oxygen atoms in total. The number of ether oxygens (including phenoxy) is 1. The van der Waals surface area contributed by atoms with Gasteiger partial charge in [-0.3, -0.25) is 9.59 Å². The number of aryl methyl sites for hydroxylation is 1. The Bertz CT molecular complexity index is 892. The van der Waals surface area contributed by atoms with E-state index < -0.39 is 0 Å². The number of nitrogens with one attached hydrogen (secondary N) is 1. The molecule has 0 aromatic heterocycles. The van der Waals surface area contributed by atoms with Gasteiger partial charge in [0, 0.05) is 37.6 Å². The van der Waals surface area contributed by atoms with Crippen LogP contribution in [0.4, 0.5) is 11.4 Å². The first-order valence-electron chi connectivity index (χ1n) is 9.15. The largest absolute Gasteiger partial charge is 0.496 e. The van der Waals surface area contributed by atoms with E-state index in [-0.39, 0.29) is 11.8 Å². The number of benzene rings is 2. The van der Waals surface area contributed by atoms with Crippen molar-refractivity contribution in [2.45, 2.75) is 13.8 Å². The van der Waals surface area contributed by atoms with Crippen molar-refractivity contribution in [1.29, 1.82) is 0 Å². The molecule has 7 heteroatoms. The normalized spacial score (nSPS) is 14.0. The zero-order chi connectivity index (χ0) is 20.3. The van der Waals surface area contributed by atoms with E-state index >= 15 is 0 Å². The van der Waals surface area contributed by atoms with Crippen molar-refractivity contribution in [3.05, 3.63) is 52.0 Å². The van der Waals surface area contributed by atoms with Gasteiger partial charge in [0.2, 0.25) is 5.91 Å². The van der Waals surface area contributed by atoms with E-state index in [1.165, 1.54) is 0 Å². The molecule has 2 amide bonds. The molecule has 0 bridgehead atoms. The Balaban J connectivity index is 1.83. The Morgan fingerprint density at radius 2 is 1.79 bits per heavy atom. The third-order valence-electron chi connectivity index (χ3n) is 4.91. The van der Waals surface area contributed by atoms with Crippen LogP contribution in [0, 0.1) is 6.92 Å². The van der Waals surface area contributed by atoms with E-state index in [0.717, 1.165) is 34.5 Å². The third-order valence-corrected chi connectivity index (χ3v) is 5.36. The molecule has 2 aromatic carbocycles. The summed E-state index contributed by atoms with van der Waals surface area (Å²) in [6, 6.07) is 11.4. The average Bonchev–Trinajstić information content (AvgIpc) is 2.68.